The number of hydrogen-bond acceptors (Lipinski definition) is 6. The van der Waals surface area contributed by atoms with E-state index in [4.69, 9.17) is 14.2 Å². The summed E-state index contributed by atoms with van der Waals surface area (Å²) in [6.45, 7) is 6.60. The molecule has 6 nitrogen and oxygen atoms in total. The highest BCUT2D eigenvalue weighted by molar-refractivity contribution is 5.71. The van der Waals surface area contributed by atoms with Crippen LogP contribution in [-0.2, 0) is 28.6 Å². The van der Waals surface area contributed by atoms with Crippen LogP contribution in [0.3, 0.4) is 0 Å². The molecule has 0 spiro atoms. The molecule has 0 fully saturated rings. The van der Waals surface area contributed by atoms with Crippen LogP contribution in [0.5, 0.6) is 0 Å². The molecular formula is C58H104O6. The predicted octanol–water partition coefficient (Wildman–Crippen LogP) is 18.3. The normalized spacial score (nSPS) is 12.4. The molecule has 0 saturated heterocycles. The highest BCUT2D eigenvalue weighted by Crippen LogP contribution is 2.16. The molecule has 0 aromatic heterocycles. The lowest BCUT2D eigenvalue weighted by Crippen LogP contribution is -2.30. The van der Waals surface area contributed by atoms with Gasteiger partial charge in [-0.1, -0.05) is 230 Å². The summed E-state index contributed by atoms with van der Waals surface area (Å²) in [5.74, 6) is -0.900. The molecule has 0 aliphatic heterocycles. The summed E-state index contributed by atoms with van der Waals surface area (Å²) in [7, 11) is 0. The lowest BCUT2D eigenvalue weighted by molar-refractivity contribution is -0.167. The van der Waals surface area contributed by atoms with E-state index in [-0.39, 0.29) is 31.1 Å². The van der Waals surface area contributed by atoms with Crippen molar-refractivity contribution in [1.29, 1.82) is 0 Å². The molecule has 0 aromatic carbocycles. The largest absolute Gasteiger partial charge is 0.462 e. The number of unbranched alkanes of at least 4 members (excludes halogenated alkanes) is 31. The molecule has 0 rings (SSSR count). The lowest BCUT2D eigenvalue weighted by Gasteiger charge is -2.18. The second kappa shape index (κ2) is 53.0. The number of ether oxygens (including phenoxy) is 3. The molecule has 372 valence electrons. The van der Waals surface area contributed by atoms with E-state index in [0.717, 1.165) is 89.9 Å². The van der Waals surface area contributed by atoms with Crippen LogP contribution >= 0.6 is 0 Å². The Morgan fingerprint density at radius 2 is 0.562 bits per heavy atom. The zero-order valence-electron chi connectivity index (χ0n) is 42.6. The molecule has 6 heteroatoms. The third-order valence-corrected chi connectivity index (χ3v) is 12.1. The molecule has 0 aliphatic carbocycles. The van der Waals surface area contributed by atoms with Crippen molar-refractivity contribution in [3.8, 4) is 0 Å². The van der Waals surface area contributed by atoms with Crippen molar-refractivity contribution in [3.63, 3.8) is 0 Å². The number of allylic oxidation sites excluding steroid dienone is 8. The SMILES string of the molecule is CCCCC/C=C\C/C=C\C/C=C\CCCCCCC(=O)OC[C@@H](COC(=O)CCCCCCC/C=C\CCCCCC)OC(=O)CCCCCCCCCCCCCCCCCC. The van der Waals surface area contributed by atoms with Crippen molar-refractivity contribution in [2.45, 2.75) is 290 Å². The summed E-state index contributed by atoms with van der Waals surface area (Å²) in [6.07, 6.45) is 63.8. The number of carbonyl (C=O) groups is 3. The van der Waals surface area contributed by atoms with Crippen molar-refractivity contribution >= 4 is 17.9 Å². The zero-order chi connectivity index (χ0) is 46.5. The Morgan fingerprint density at radius 1 is 0.312 bits per heavy atom. The Hall–Kier alpha value is -2.63. The van der Waals surface area contributed by atoms with Crippen molar-refractivity contribution in [2.24, 2.45) is 0 Å². The minimum atomic E-state index is -0.783. The van der Waals surface area contributed by atoms with Crippen molar-refractivity contribution in [1.82, 2.24) is 0 Å². The first-order valence-electron chi connectivity index (χ1n) is 27.6. The Bertz CT molecular complexity index is 1120. The van der Waals surface area contributed by atoms with Crippen LogP contribution in [0.4, 0.5) is 0 Å². The molecular weight excluding hydrogens is 793 g/mol. The fourth-order valence-corrected chi connectivity index (χ4v) is 7.86. The smallest absolute Gasteiger partial charge is 0.306 e. The van der Waals surface area contributed by atoms with Gasteiger partial charge in [0.2, 0.25) is 0 Å². The predicted molar refractivity (Wildman–Crippen MR) is 275 cm³/mol. The Kier molecular flexibility index (Phi) is 50.8. The lowest BCUT2D eigenvalue weighted by atomic mass is 10.0. The summed E-state index contributed by atoms with van der Waals surface area (Å²) in [4.78, 5) is 38.1. The summed E-state index contributed by atoms with van der Waals surface area (Å²) in [5.41, 5.74) is 0. The van der Waals surface area contributed by atoms with E-state index >= 15 is 0 Å². The molecule has 0 saturated carbocycles. The minimum absolute atomic E-state index is 0.0823. The van der Waals surface area contributed by atoms with Gasteiger partial charge < -0.3 is 14.2 Å². The van der Waals surface area contributed by atoms with E-state index in [1.54, 1.807) is 0 Å². The summed E-state index contributed by atoms with van der Waals surface area (Å²) in [5, 5.41) is 0. The van der Waals surface area contributed by atoms with Crippen LogP contribution in [0.15, 0.2) is 48.6 Å². The number of carbonyl (C=O) groups excluding carboxylic acids is 3. The molecule has 0 unspecified atom stereocenters. The second-order valence-electron chi connectivity index (χ2n) is 18.5. The van der Waals surface area contributed by atoms with Gasteiger partial charge in [-0.25, -0.2) is 0 Å². The van der Waals surface area contributed by atoms with Gasteiger partial charge in [0.15, 0.2) is 6.10 Å². The third kappa shape index (κ3) is 50.4. The molecule has 0 aliphatic rings. The average molecular weight is 897 g/mol. The highest BCUT2D eigenvalue weighted by Gasteiger charge is 2.19. The average Bonchev–Trinajstić information content (AvgIpc) is 3.29. The van der Waals surface area contributed by atoms with Gasteiger partial charge in [-0.15, -0.1) is 0 Å². The summed E-state index contributed by atoms with van der Waals surface area (Å²) in [6, 6.07) is 0. The Balaban J connectivity index is 4.40. The number of rotatable bonds is 50. The van der Waals surface area contributed by atoms with E-state index in [9.17, 15) is 14.4 Å². The van der Waals surface area contributed by atoms with E-state index in [0.29, 0.717) is 19.3 Å². The number of hydrogen-bond donors (Lipinski definition) is 0. The van der Waals surface area contributed by atoms with Crippen LogP contribution in [-0.4, -0.2) is 37.2 Å². The van der Waals surface area contributed by atoms with E-state index in [1.165, 1.54) is 154 Å². The summed E-state index contributed by atoms with van der Waals surface area (Å²) < 4.78 is 16.8. The Labute approximate surface area is 397 Å². The van der Waals surface area contributed by atoms with Gasteiger partial charge in [-0.3, -0.25) is 14.4 Å². The monoisotopic (exact) mass is 897 g/mol. The summed E-state index contributed by atoms with van der Waals surface area (Å²) >= 11 is 0. The van der Waals surface area contributed by atoms with Crippen LogP contribution in [0.25, 0.3) is 0 Å². The highest BCUT2D eigenvalue weighted by atomic mass is 16.6. The van der Waals surface area contributed by atoms with Gasteiger partial charge >= 0.3 is 17.9 Å². The first-order chi connectivity index (χ1) is 31.5. The third-order valence-electron chi connectivity index (χ3n) is 12.1. The molecule has 0 amide bonds. The van der Waals surface area contributed by atoms with Crippen molar-refractivity contribution < 1.29 is 28.6 Å². The van der Waals surface area contributed by atoms with Gasteiger partial charge in [-0.2, -0.15) is 0 Å². The van der Waals surface area contributed by atoms with Gasteiger partial charge in [-0.05, 0) is 83.5 Å². The second-order valence-corrected chi connectivity index (χ2v) is 18.5. The first kappa shape index (κ1) is 61.4. The fraction of sp³-hybridized carbons (Fsp3) is 0.810. The fourth-order valence-electron chi connectivity index (χ4n) is 7.86. The molecule has 1 atom stereocenters. The zero-order valence-corrected chi connectivity index (χ0v) is 42.6. The van der Waals surface area contributed by atoms with Crippen LogP contribution in [0.1, 0.15) is 284 Å². The van der Waals surface area contributed by atoms with Crippen molar-refractivity contribution in [2.75, 3.05) is 13.2 Å². The Morgan fingerprint density at radius 3 is 0.938 bits per heavy atom. The quantitative estimate of drug-likeness (QED) is 0.0262. The maximum absolute atomic E-state index is 12.8. The van der Waals surface area contributed by atoms with Crippen LogP contribution in [0.2, 0.25) is 0 Å². The minimum Gasteiger partial charge on any atom is -0.462 e. The topological polar surface area (TPSA) is 78.9 Å². The first-order valence-corrected chi connectivity index (χ1v) is 27.6. The van der Waals surface area contributed by atoms with Crippen molar-refractivity contribution in [3.05, 3.63) is 48.6 Å². The van der Waals surface area contributed by atoms with Crippen LogP contribution in [0, 0.1) is 0 Å². The molecule has 0 N–H and O–H groups in total. The molecule has 64 heavy (non-hydrogen) atoms. The molecule has 0 bridgehead atoms. The van der Waals surface area contributed by atoms with Gasteiger partial charge in [0, 0.05) is 19.3 Å². The maximum Gasteiger partial charge on any atom is 0.306 e. The van der Waals surface area contributed by atoms with E-state index in [1.807, 2.05) is 0 Å². The number of esters is 3. The molecule has 0 heterocycles. The standard InChI is InChI=1S/C58H104O6/c1-4-7-10-13-16-19-22-25-27-29-31-33-36-39-42-45-48-51-57(60)63-54-55(53-62-56(59)50-47-44-41-38-35-32-24-21-18-15-12-9-6-3)64-58(61)52-49-46-43-40-37-34-30-28-26-23-20-17-14-11-8-5-2/h16,19,21,24-25,27,31,33,55H,4-15,17-18,20,22-23,26,28-30,32,34-54H2,1-3H3/b19-16-,24-21-,27-25-,33-31-/t55-/m1/s1. The maximum atomic E-state index is 12.8. The van der Waals surface area contributed by atoms with E-state index in [2.05, 4.69) is 69.4 Å². The van der Waals surface area contributed by atoms with E-state index < -0.39 is 6.10 Å². The molecule has 0 aromatic rings. The van der Waals surface area contributed by atoms with Gasteiger partial charge in [0.05, 0.1) is 0 Å². The van der Waals surface area contributed by atoms with Gasteiger partial charge in [0.1, 0.15) is 13.2 Å². The molecule has 0 radical (unpaired) electrons. The van der Waals surface area contributed by atoms with Gasteiger partial charge in [0.25, 0.3) is 0 Å². The van der Waals surface area contributed by atoms with Crippen LogP contribution < -0.4 is 0 Å².